The molecule has 0 saturated heterocycles. The molecule has 0 radical (unpaired) electrons. The molecule has 0 fully saturated rings. The number of rotatable bonds is 11. The number of carbonyl (C=O) groups excluding carboxylic acids is 4. The largest absolute Gasteiger partial charge is 0.492 e. The number of hydrogen-bond acceptors (Lipinski definition) is 9. The average molecular weight is 544 g/mol. The third kappa shape index (κ3) is 6.24. The molecule has 38 heavy (non-hydrogen) atoms. The number of nitrogen functional groups attached to an aromatic ring is 1. The lowest BCUT2D eigenvalue weighted by atomic mass is 10.0. The van der Waals surface area contributed by atoms with E-state index in [2.05, 4.69) is 9.69 Å². The maximum Gasteiger partial charge on any atom is 0.325 e. The van der Waals surface area contributed by atoms with E-state index < -0.39 is 42.1 Å². The first-order chi connectivity index (χ1) is 18.2. The summed E-state index contributed by atoms with van der Waals surface area (Å²) >= 11 is 0.633. The second-order valence-corrected chi connectivity index (χ2v) is 8.46. The number of esters is 1. The van der Waals surface area contributed by atoms with E-state index in [1.807, 2.05) is 0 Å². The number of para-hydroxylation sites is 2. The Morgan fingerprint density at radius 2 is 1.76 bits per heavy atom. The number of primary amides is 1. The van der Waals surface area contributed by atoms with Crippen LogP contribution in [0.5, 0.6) is 5.75 Å². The van der Waals surface area contributed by atoms with Crippen molar-refractivity contribution in [3.8, 4) is 5.75 Å². The number of amides is 3. The Morgan fingerprint density at radius 1 is 1.08 bits per heavy atom. The summed E-state index contributed by atoms with van der Waals surface area (Å²) in [6, 6.07) is 9.94. The average Bonchev–Trinajstić information content (AvgIpc) is 3.28. The molecule has 1 unspecified atom stereocenters. The molecule has 0 bridgehead atoms. The summed E-state index contributed by atoms with van der Waals surface area (Å²) < 4.78 is 28.3. The van der Waals surface area contributed by atoms with Gasteiger partial charge in [-0.25, -0.2) is 4.39 Å². The third-order valence-electron chi connectivity index (χ3n) is 5.20. The molecule has 200 valence electrons. The van der Waals surface area contributed by atoms with Crippen molar-refractivity contribution in [1.82, 2.24) is 9.69 Å². The second kappa shape index (κ2) is 12.6. The first-order valence-electron chi connectivity index (χ1n) is 11.5. The van der Waals surface area contributed by atoms with Crippen LogP contribution in [0.2, 0.25) is 0 Å². The van der Waals surface area contributed by atoms with Crippen LogP contribution in [0.25, 0.3) is 0 Å². The number of aromatic nitrogens is 1. The maximum atomic E-state index is 14.0. The first-order valence-corrected chi connectivity index (χ1v) is 12.3. The predicted octanol–water partition coefficient (Wildman–Crippen LogP) is 2.43. The van der Waals surface area contributed by atoms with Crippen LogP contribution in [0, 0.1) is 5.82 Å². The Hall–Kier alpha value is -4.52. The topological polar surface area (TPSA) is 167 Å². The number of anilines is 2. The van der Waals surface area contributed by atoms with Crippen LogP contribution in [0.15, 0.2) is 48.5 Å². The lowest BCUT2D eigenvalue weighted by Gasteiger charge is -2.32. The van der Waals surface area contributed by atoms with E-state index in [-0.39, 0.29) is 46.5 Å². The van der Waals surface area contributed by atoms with Crippen LogP contribution < -0.4 is 26.4 Å². The summed E-state index contributed by atoms with van der Waals surface area (Å²) in [7, 11) is 0. The molecular weight excluding hydrogens is 517 g/mol. The van der Waals surface area contributed by atoms with Gasteiger partial charge in [-0.2, -0.15) is 4.37 Å². The molecule has 0 aliphatic heterocycles. The van der Waals surface area contributed by atoms with Crippen molar-refractivity contribution in [1.29, 1.82) is 0 Å². The SMILES string of the molecule is CCOC(=O)CNC(=O)C(c1ccc(F)cc1)N(C(=O)c1snc(C(N)=O)c1N)c1ccccc1OCC. The molecule has 1 atom stereocenters. The molecule has 0 aliphatic carbocycles. The van der Waals surface area contributed by atoms with Gasteiger partial charge in [0, 0.05) is 0 Å². The van der Waals surface area contributed by atoms with E-state index in [9.17, 15) is 23.6 Å². The first kappa shape index (κ1) is 28.1. The van der Waals surface area contributed by atoms with E-state index in [1.54, 1.807) is 38.1 Å². The van der Waals surface area contributed by atoms with E-state index in [0.717, 1.165) is 17.0 Å². The van der Waals surface area contributed by atoms with Crippen molar-refractivity contribution >= 4 is 46.6 Å². The zero-order chi connectivity index (χ0) is 27.8. The van der Waals surface area contributed by atoms with Gasteiger partial charge >= 0.3 is 5.97 Å². The van der Waals surface area contributed by atoms with Crippen LogP contribution in [0.4, 0.5) is 15.8 Å². The third-order valence-corrected chi connectivity index (χ3v) is 6.05. The normalized spacial score (nSPS) is 11.3. The fourth-order valence-electron chi connectivity index (χ4n) is 3.57. The van der Waals surface area contributed by atoms with Crippen molar-refractivity contribution < 1.29 is 33.0 Å². The van der Waals surface area contributed by atoms with Gasteiger partial charge in [0.1, 0.15) is 29.0 Å². The lowest BCUT2D eigenvalue weighted by Crippen LogP contribution is -2.45. The highest BCUT2D eigenvalue weighted by Gasteiger charge is 2.37. The van der Waals surface area contributed by atoms with Crippen LogP contribution in [0.3, 0.4) is 0 Å². The number of halogens is 1. The molecule has 5 N–H and O–H groups in total. The minimum absolute atomic E-state index is 0.106. The van der Waals surface area contributed by atoms with Gasteiger partial charge in [-0.3, -0.25) is 24.1 Å². The van der Waals surface area contributed by atoms with Crippen LogP contribution in [-0.4, -0.2) is 47.8 Å². The molecule has 3 amide bonds. The molecule has 1 heterocycles. The summed E-state index contributed by atoms with van der Waals surface area (Å²) in [5, 5.41) is 2.47. The molecule has 3 rings (SSSR count). The van der Waals surface area contributed by atoms with E-state index in [4.69, 9.17) is 20.9 Å². The van der Waals surface area contributed by atoms with Gasteiger partial charge in [0.15, 0.2) is 5.69 Å². The van der Waals surface area contributed by atoms with Crippen molar-refractivity contribution in [3.63, 3.8) is 0 Å². The van der Waals surface area contributed by atoms with Gasteiger partial charge in [-0.15, -0.1) is 0 Å². The molecule has 0 aliphatic rings. The Balaban J connectivity index is 2.21. The van der Waals surface area contributed by atoms with Gasteiger partial charge in [0.25, 0.3) is 11.8 Å². The van der Waals surface area contributed by atoms with E-state index in [1.165, 1.54) is 12.1 Å². The zero-order valence-corrected chi connectivity index (χ0v) is 21.4. The second-order valence-electron chi connectivity index (χ2n) is 7.69. The molecule has 3 aromatic rings. The van der Waals surface area contributed by atoms with Gasteiger partial charge < -0.3 is 26.3 Å². The minimum Gasteiger partial charge on any atom is -0.492 e. The fourth-order valence-corrected chi connectivity index (χ4v) is 4.31. The maximum absolute atomic E-state index is 14.0. The van der Waals surface area contributed by atoms with E-state index in [0.29, 0.717) is 11.5 Å². The molecule has 2 aromatic carbocycles. The van der Waals surface area contributed by atoms with Crippen molar-refractivity contribution in [2.24, 2.45) is 5.73 Å². The molecular formula is C25H26FN5O6S. The summed E-state index contributed by atoms with van der Waals surface area (Å²) in [5.41, 5.74) is 11.2. The number of benzene rings is 2. The molecule has 11 nitrogen and oxygen atoms in total. The van der Waals surface area contributed by atoms with Crippen LogP contribution >= 0.6 is 11.5 Å². The lowest BCUT2D eigenvalue weighted by molar-refractivity contribution is -0.143. The fraction of sp³-hybridized carbons (Fsp3) is 0.240. The van der Waals surface area contributed by atoms with Gasteiger partial charge in [0.05, 0.1) is 24.6 Å². The van der Waals surface area contributed by atoms with E-state index >= 15 is 0 Å². The van der Waals surface area contributed by atoms with Gasteiger partial charge in [-0.1, -0.05) is 24.3 Å². The number of nitrogens with one attached hydrogen (secondary N) is 1. The van der Waals surface area contributed by atoms with Crippen molar-refractivity contribution in [2.45, 2.75) is 19.9 Å². The van der Waals surface area contributed by atoms with Gasteiger partial charge in [0.2, 0.25) is 5.91 Å². The quantitative estimate of drug-likeness (QED) is 0.310. The summed E-state index contributed by atoms with van der Waals surface area (Å²) in [4.78, 5) is 52.2. The number of carbonyl (C=O) groups is 4. The highest BCUT2D eigenvalue weighted by atomic mass is 32.1. The summed E-state index contributed by atoms with van der Waals surface area (Å²) in [5.74, 6) is -3.51. The zero-order valence-electron chi connectivity index (χ0n) is 20.6. The van der Waals surface area contributed by atoms with Crippen LogP contribution in [-0.2, 0) is 14.3 Å². The Labute approximate surface area is 221 Å². The summed E-state index contributed by atoms with van der Waals surface area (Å²) in [6.45, 7) is 3.23. The van der Waals surface area contributed by atoms with Gasteiger partial charge in [-0.05, 0) is 55.2 Å². The monoisotopic (exact) mass is 543 g/mol. The number of ether oxygens (including phenoxy) is 2. The molecule has 13 heteroatoms. The van der Waals surface area contributed by atoms with Crippen molar-refractivity contribution in [3.05, 3.63) is 70.5 Å². The highest BCUT2D eigenvalue weighted by Crippen LogP contribution is 2.38. The Bertz CT molecular complexity index is 1330. The number of hydrogen-bond donors (Lipinski definition) is 3. The van der Waals surface area contributed by atoms with Crippen LogP contribution in [0.1, 0.15) is 45.6 Å². The van der Waals surface area contributed by atoms with Crippen molar-refractivity contribution in [2.75, 3.05) is 30.4 Å². The Kier molecular flexibility index (Phi) is 9.33. The number of nitrogens with two attached hydrogens (primary N) is 2. The standard InChI is InChI=1S/C25H26FN5O6S/c1-3-36-17-8-6-5-7-16(17)31(25(35)22-19(27)20(23(28)33)30-38-22)21(14-9-11-15(26)12-10-14)24(34)29-13-18(32)37-4-2/h5-12,21H,3-4,13,27H2,1-2H3,(H2,28,33)(H,29,34). The molecule has 0 saturated carbocycles. The molecule has 0 spiro atoms. The predicted molar refractivity (Wildman–Crippen MR) is 138 cm³/mol. The minimum atomic E-state index is -1.43. The summed E-state index contributed by atoms with van der Waals surface area (Å²) in [6.07, 6.45) is 0. The number of nitrogens with zero attached hydrogens (tertiary/aromatic N) is 2. The molecule has 1 aromatic heterocycles. The smallest absolute Gasteiger partial charge is 0.325 e. The highest BCUT2D eigenvalue weighted by molar-refractivity contribution is 7.09. The Morgan fingerprint density at radius 3 is 2.37 bits per heavy atom.